The fourth-order valence-electron chi connectivity index (χ4n) is 2.18. The molecule has 0 amide bonds. The summed E-state index contributed by atoms with van der Waals surface area (Å²) in [6, 6.07) is 9.38. The Kier molecular flexibility index (Phi) is 3.13. The number of halogens is 1. The van der Waals surface area contributed by atoms with Gasteiger partial charge in [0.2, 0.25) is 0 Å². The van der Waals surface area contributed by atoms with Crippen molar-refractivity contribution in [1.82, 2.24) is 4.57 Å². The number of hydrogen-bond donors (Lipinski definition) is 1. The van der Waals surface area contributed by atoms with Crippen LogP contribution in [0, 0.1) is 5.82 Å². The number of nitrogens with zero attached hydrogens (tertiary/aromatic N) is 1. The monoisotopic (exact) mass is 288 g/mol. The molecule has 0 atom stereocenters. The van der Waals surface area contributed by atoms with Crippen molar-refractivity contribution in [3.8, 4) is 5.75 Å². The van der Waals surface area contributed by atoms with Gasteiger partial charge in [-0.05, 0) is 24.3 Å². The van der Waals surface area contributed by atoms with Gasteiger partial charge in [-0.1, -0.05) is 6.07 Å². The molecular formula is C15H13FN2O3. The zero-order valence-electron chi connectivity index (χ0n) is 11.3. The number of nitrogen functional groups attached to an aromatic ring is 1. The molecule has 1 heterocycles. The molecule has 5 nitrogen and oxygen atoms in total. The molecule has 0 bridgehead atoms. The summed E-state index contributed by atoms with van der Waals surface area (Å²) >= 11 is 0. The molecule has 2 aromatic carbocycles. The van der Waals surface area contributed by atoms with Crippen LogP contribution in [0.2, 0.25) is 0 Å². The summed E-state index contributed by atoms with van der Waals surface area (Å²) in [5, 5.41) is 0. The van der Waals surface area contributed by atoms with E-state index in [4.69, 9.17) is 14.9 Å². The lowest BCUT2D eigenvalue weighted by Gasteiger charge is -2.06. The van der Waals surface area contributed by atoms with Crippen LogP contribution >= 0.6 is 0 Å². The number of benzene rings is 2. The Morgan fingerprint density at radius 3 is 2.81 bits per heavy atom. The van der Waals surface area contributed by atoms with E-state index in [-0.39, 0.29) is 6.54 Å². The zero-order valence-corrected chi connectivity index (χ0v) is 11.3. The summed E-state index contributed by atoms with van der Waals surface area (Å²) in [5.41, 5.74) is 7.54. The highest BCUT2D eigenvalue weighted by atomic mass is 19.1. The van der Waals surface area contributed by atoms with Gasteiger partial charge in [0, 0.05) is 17.3 Å². The van der Waals surface area contributed by atoms with Crippen LogP contribution < -0.4 is 16.2 Å². The first-order valence-electron chi connectivity index (χ1n) is 6.30. The molecule has 0 spiro atoms. The largest absolute Gasteiger partial charge is 0.497 e. The molecule has 0 fully saturated rings. The maximum atomic E-state index is 14.0. The summed E-state index contributed by atoms with van der Waals surface area (Å²) < 4.78 is 25.4. The van der Waals surface area contributed by atoms with Crippen LogP contribution in [0.1, 0.15) is 5.56 Å². The highest BCUT2D eigenvalue weighted by Crippen LogP contribution is 2.20. The molecule has 0 radical (unpaired) electrons. The van der Waals surface area contributed by atoms with Crippen molar-refractivity contribution in [2.75, 3.05) is 12.8 Å². The maximum Gasteiger partial charge on any atom is 0.420 e. The number of oxazole rings is 1. The second-order valence-electron chi connectivity index (χ2n) is 4.64. The number of anilines is 1. The van der Waals surface area contributed by atoms with Crippen molar-refractivity contribution in [2.24, 2.45) is 0 Å². The molecule has 0 unspecified atom stereocenters. The average molecular weight is 288 g/mol. The third-order valence-electron chi connectivity index (χ3n) is 3.28. The summed E-state index contributed by atoms with van der Waals surface area (Å²) in [5.74, 6) is -0.574. The van der Waals surface area contributed by atoms with Gasteiger partial charge in [-0.15, -0.1) is 0 Å². The smallest absolute Gasteiger partial charge is 0.420 e. The molecule has 0 saturated carbocycles. The van der Waals surface area contributed by atoms with Crippen LogP contribution in [0.4, 0.5) is 10.1 Å². The first kappa shape index (κ1) is 13.2. The Hall–Kier alpha value is -2.76. The number of fused-ring (bicyclic) bond motifs is 1. The first-order valence-corrected chi connectivity index (χ1v) is 6.30. The third kappa shape index (κ3) is 2.35. The second kappa shape index (κ2) is 4.97. The highest BCUT2D eigenvalue weighted by Gasteiger charge is 2.12. The van der Waals surface area contributed by atoms with Gasteiger partial charge >= 0.3 is 5.76 Å². The van der Waals surface area contributed by atoms with E-state index in [2.05, 4.69) is 0 Å². The van der Waals surface area contributed by atoms with E-state index in [1.807, 2.05) is 0 Å². The van der Waals surface area contributed by atoms with Gasteiger partial charge in [0.25, 0.3) is 0 Å². The molecular weight excluding hydrogens is 275 g/mol. The Bertz CT molecular complexity index is 867. The predicted octanol–water partition coefficient (Wildman–Crippen LogP) is 2.37. The fraction of sp³-hybridized carbons (Fsp3) is 0.133. The molecule has 108 valence electrons. The normalized spacial score (nSPS) is 11.0. The summed E-state index contributed by atoms with van der Waals surface area (Å²) in [6.07, 6.45) is 0. The van der Waals surface area contributed by atoms with Crippen LogP contribution in [0.5, 0.6) is 5.75 Å². The Morgan fingerprint density at radius 1 is 1.29 bits per heavy atom. The lowest BCUT2D eigenvalue weighted by molar-refractivity contribution is 0.410. The number of rotatable bonds is 3. The minimum atomic E-state index is -0.550. The van der Waals surface area contributed by atoms with Gasteiger partial charge in [-0.3, -0.25) is 4.57 Å². The van der Waals surface area contributed by atoms with Gasteiger partial charge in [-0.25, -0.2) is 9.18 Å². The number of methoxy groups -OCH3 is 1. The topological polar surface area (TPSA) is 70.4 Å². The Balaban J connectivity index is 2.07. The standard InChI is InChI=1S/C15H13FN2O3/c1-20-11-4-2-9(12(16)7-11)8-18-13-6-10(17)3-5-14(13)21-15(18)19/h2-7H,8,17H2,1H3. The van der Waals surface area contributed by atoms with E-state index in [1.54, 1.807) is 30.3 Å². The number of ether oxygens (including phenoxy) is 1. The molecule has 2 N–H and O–H groups in total. The molecule has 3 aromatic rings. The van der Waals surface area contributed by atoms with Crippen LogP contribution in [0.25, 0.3) is 11.1 Å². The maximum absolute atomic E-state index is 14.0. The third-order valence-corrected chi connectivity index (χ3v) is 3.28. The fourth-order valence-corrected chi connectivity index (χ4v) is 2.18. The molecule has 0 saturated heterocycles. The van der Waals surface area contributed by atoms with Crippen LogP contribution in [0.15, 0.2) is 45.6 Å². The first-order chi connectivity index (χ1) is 10.1. The van der Waals surface area contributed by atoms with E-state index in [0.29, 0.717) is 28.1 Å². The zero-order chi connectivity index (χ0) is 15.0. The molecule has 21 heavy (non-hydrogen) atoms. The van der Waals surface area contributed by atoms with Crippen molar-refractivity contribution in [2.45, 2.75) is 6.54 Å². The van der Waals surface area contributed by atoms with Crippen molar-refractivity contribution >= 4 is 16.8 Å². The highest BCUT2D eigenvalue weighted by molar-refractivity contribution is 5.77. The lowest BCUT2D eigenvalue weighted by atomic mass is 10.2. The van der Waals surface area contributed by atoms with Gasteiger partial charge in [-0.2, -0.15) is 0 Å². The lowest BCUT2D eigenvalue weighted by Crippen LogP contribution is -2.15. The van der Waals surface area contributed by atoms with Crippen LogP contribution in [-0.4, -0.2) is 11.7 Å². The Labute approximate surface area is 119 Å². The SMILES string of the molecule is COc1ccc(Cn2c(=O)oc3ccc(N)cc32)c(F)c1. The van der Waals surface area contributed by atoms with Crippen molar-refractivity contribution in [1.29, 1.82) is 0 Å². The molecule has 0 aliphatic rings. The number of aromatic nitrogens is 1. The van der Waals surface area contributed by atoms with Gasteiger partial charge in [0.1, 0.15) is 11.6 Å². The molecule has 0 aliphatic heterocycles. The molecule has 1 aromatic heterocycles. The van der Waals surface area contributed by atoms with E-state index in [0.717, 1.165) is 0 Å². The molecule has 6 heteroatoms. The van der Waals surface area contributed by atoms with Gasteiger partial charge in [0.15, 0.2) is 5.58 Å². The summed E-state index contributed by atoms with van der Waals surface area (Å²) in [6.45, 7) is 0.0606. The van der Waals surface area contributed by atoms with Crippen LogP contribution in [-0.2, 0) is 6.54 Å². The van der Waals surface area contributed by atoms with E-state index in [9.17, 15) is 9.18 Å². The quantitative estimate of drug-likeness (QED) is 0.751. The summed E-state index contributed by atoms with van der Waals surface area (Å²) in [7, 11) is 1.46. The minimum absolute atomic E-state index is 0.0606. The minimum Gasteiger partial charge on any atom is -0.497 e. The Morgan fingerprint density at radius 2 is 2.10 bits per heavy atom. The van der Waals surface area contributed by atoms with Crippen molar-refractivity contribution in [3.63, 3.8) is 0 Å². The van der Waals surface area contributed by atoms with E-state index in [1.165, 1.54) is 17.7 Å². The average Bonchev–Trinajstić information content (AvgIpc) is 2.77. The number of hydrogen-bond acceptors (Lipinski definition) is 4. The number of nitrogens with two attached hydrogens (primary N) is 1. The van der Waals surface area contributed by atoms with Gasteiger partial charge < -0.3 is 14.9 Å². The van der Waals surface area contributed by atoms with Crippen molar-refractivity contribution < 1.29 is 13.5 Å². The van der Waals surface area contributed by atoms with E-state index >= 15 is 0 Å². The predicted molar refractivity (Wildman–Crippen MR) is 76.9 cm³/mol. The molecule has 0 aliphatic carbocycles. The molecule has 3 rings (SSSR count). The van der Waals surface area contributed by atoms with Gasteiger partial charge in [0.05, 0.1) is 19.2 Å². The van der Waals surface area contributed by atoms with Crippen LogP contribution in [0.3, 0.4) is 0 Å². The van der Waals surface area contributed by atoms with Crippen molar-refractivity contribution in [3.05, 3.63) is 58.3 Å². The van der Waals surface area contributed by atoms with E-state index < -0.39 is 11.6 Å². The second-order valence-corrected chi connectivity index (χ2v) is 4.64. The summed E-state index contributed by atoms with van der Waals surface area (Å²) in [4.78, 5) is 11.9.